The quantitative estimate of drug-likeness (QED) is 0.579. The Hall–Kier alpha value is -2.04. The molecule has 0 atom stereocenters. The Balaban J connectivity index is 2.29. The second-order valence-corrected chi connectivity index (χ2v) is 3.83. The van der Waals surface area contributed by atoms with E-state index in [9.17, 15) is 4.79 Å². The summed E-state index contributed by atoms with van der Waals surface area (Å²) in [5.74, 6) is 1.13. The fourth-order valence-electron chi connectivity index (χ4n) is 1.29. The van der Waals surface area contributed by atoms with Gasteiger partial charge >= 0.3 is 0 Å². The van der Waals surface area contributed by atoms with E-state index in [1.807, 2.05) is 13.8 Å². The molecule has 1 rings (SSSR count). The Labute approximate surface area is 113 Å². The zero-order valence-electron chi connectivity index (χ0n) is 11.4. The third-order valence-electron chi connectivity index (χ3n) is 2.20. The highest BCUT2D eigenvalue weighted by atomic mass is 16.5. The van der Waals surface area contributed by atoms with Crippen LogP contribution in [-0.4, -0.2) is 25.3 Å². The summed E-state index contributed by atoms with van der Waals surface area (Å²) in [5.41, 5.74) is 2.40. The molecule has 5 nitrogen and oxygen atoms in total. The molecule has 0 spiro atoms. The van der Waals surface area contributed by atoms with Crippen molar-refractivity contribution in [2.75, 3.05) is 13.2 Å². The van der Waals surface area contributed by atoms with Crippen molar-refractivity contribution in [2.24, 2.45) is 5.10 Å². The summed E-state index contributed by atoms with van der Waals surface area (Å²) in [6, 6.07) is 7.13. The predicted octanol–water partition coefficient (Wildman–Crippen LogP) is 2.37. The minimum atomic E-state index is -0.277. The third-order valence-corrected chi connectivity index (χ3v) is 2.20. The number of unbranched alkanes of at least 4 members (excludes halogenated alkanes) is 1. The first-order valence-electron chi connectivity index (χ1n) is 6.42. The van der Waals surface area contributed by atoms with E-state index in [4.69, 9.17) is 9.47 Å². The first-order valence-corrected chi connectivity index (χ1v) is 6.42. The van der Waals surface area contributed by atoms with Crippen LogP contribution in [0.3, 0.4) is 0 Å². The summed E-state index contributed by atoms with van der Waals surface area (Å²) in [5, 5.41) is 3.79. The molecule has 19 heavy (non-hydrogen) atoms. The molecule has 104 valence electrons. The van der Waals surface area contributed by atoms with Gasteiger partial charge in [-0.05, 0) is 37.6 Å². The van der Waals surface area contributed by atoms with E-state index < -0.39 is 0 Å². The van der Waals surface area contributed by atoms with Gasteiger partial charge in [0, 0.05) is 6.21 Å². The van der Waals surface area contributed by atoms with Gasteiger partial charge in [0.15, 0.2) is 6.61 Å². The van der Waals surface area contributed by atoms with Crippen LogP contribution in [0.1, 0.15) is 26.7 Å². The molecule has 1 aromatic carbocycles. The van der Waals surface area contributed by atoms with Gasteiger partial charge in [-0.1, -0.05) is 13.3 Å². The summed E-state index contributed by atoms with van der Waals surface area (Å²) in [6.07, 6.45) is 3.52. The minimum absolute atomic E-state index is 0.0581. The first kappa shape index (κ1) is 15.0. The fraction of sp³-hybridized carbons (Fsp3) is 0.429. The summed E-state index contributed by atoms with van der Waals surface area (Å²) in [4.78, 5) is 11.4. The van der Waals surface area contributed by atoms with Crippen LogP contribution in [0.4, 0.5) is 0 Å². The normalized spacial score (nSPS) is 10.4. The Morgan fingerprint density at radius 1 is 1.21 bits per heavy atom. The zero-order chi connectivity index (χ0) is 13.9. The third kappa shape index (κ3) is 6.45. The number of hydrogen-bond donors (Lipinski definition) is 1. The molecule has 1 aromatic rings. The number of carbonyl (C=O) groups is 1. The number of nitrogens with zero attached hydrogens (tertiary/aromatic N) is 1. The van der Waals surface area contributed by atoms with E-state index in [0.717, 1.165) is 18.6 Å². The van der Waals surface area contributed by atoms with Crippen LogP contribution >= 0.6 is 0 Å². The van der Waals surface area contributed by atoms with Crippen LogP contribution < -0.4 is 14.9 Å². The molecule has 5 heteroatoms. The van der Waals surface area contributed by atoms with Gasteiger partial charge in [-0.2, -0.15) is 5.10 Å². The number of hydrogen-bond acceptors (Lipinski definition) is 4. The Morgan fingerprint density at radius 2 is 1.84 bits per heavy atom. The minimum Gasteiger partial charge on any atom is -0.494 e. The van der Waals surface area contributed by atoms with Crippen molar-refractivity contribution in [3.63, 3.8) is 0 Å². The van der Waals surface area contributed by atoms with Crippen LogP contribution in [0.15, 0.2) is 29.4 Å². The van der Waals surface area contributed by atoms with Crippen LogP contribution in [0, 0.1) is 0 Å². The molecule has 0 saturated heterocycles. The molecular weight excluding hydrogens is 244 g/mol. The predicted molar refractivity (Wildman–Crippen MR) is 74.6 cm³/mol. The van der Waals surface area contributed by atoms with E-state index in [1.54, 1.807) is 30.5 Å². The van der Waals surface area contributed by atoms with Gasteiger partial charge in [-0.25, -0.2) is 5.43 Å². The molecule has 1 N–H and O–H groups in total. The van der Waals surface area contributed by atoms with Crippen LogP contribution in [-0.2, 0) is 4.79 Å². The summed E-state index contributed by atoms with van der Waals surface area (Å²) >= 11 is 0. The fourth-order valence-corrected chi connectivity index (χ4v) is 1.29. The first-order chi connectivity index (χ1) is 9.26. The SMILES string of the molecule is CCC/C=N\NC(=O)COc1ccc(OCC)cc1. The Morgan fingerprint density at radius 3 is 2.42 bits per heavy atom. The van der Waals surface area contributed by atoms with Crippen LogP contribution in [0.2, 0.25) is 0 Å². The molecule has 0 bridgehead atoms. The molecule has 0 saturated carbocycles. The number of benzene rings is 1. The van der Waals surface area contributed by atoms with Gasteiger partial charge in [-0.3, -0.25) is 4.79 Å². The van der Waals surface area contributed by atoms with E-state index in [0.29, 0.717) is 12.4 Å². The second-order valence-electron chi connectivity index (χ2n) is 3.83. The van der Waals surface area contributed by atoms with Gasteiger partial charge in [0.2, 0.25) is 0 Å². The van der Waals surface area contributed by atoms with E-state index in [2.05, 4.69) is 10.5 Å². The van der Waals surface area contributed by atoms with Gasteiger partial charge < -0.3 is 9.47 Å². The molecule has 0 aliphatic carbocycles. The average Bonchev–Trinajstić information content (AvgIpc) is 2.43. The van der Waals surface area contributed by atoms with Crippen molar-refractivity contribution < 1.29 is 14.3 Å². The van der Waals surface area contributed by atoms with Crippen molar-refractivity contribution in [3.05, 3.63) is 24.3 Å². The van der Waals surface area contributed by atoms with Crippen LogP contribution in [0.25, 0.3) is 0 Å². The van der Waals surface area contributed by atoms with E-state index in [1.165, 1.54) is 0 Å². The zero-order valence-corrected chi connectivity index (χ0v) is 11.4. The summed E-state index contributed by atoms with van der Waals surface area (Å²) < 4.78 is 10.6. The molecule has 0 aliphatic heterocycles. The number of nitrogens with one attached hydrogen (secondary N) is 1. The van der Waals surface area contributed by atoms with Gasteiger partial charge in [-0.15, -0.1) is 0 Å². The van der Waals surface area contributed by atoms with Gasteiger partial charge in [0.1, 0.15) is 11.5 Å². The van der Waals surface area contributed by atoms with Gasteiger partial charge in [0.25, 0.3) is 5.91 Å². The maximum Gasteiger partial charge on any atom is 0.277 e. The molecule has 0 fully saturated rings. The van der Waals surface area contributed by atoms with Crippen LogP contribution in [0.5, 0.6) is 11.5 Å². The van der Waals surface area contributed by atoms with Crippen molar-refractivity contribution in [1.29, 1.82) is 0 Å². The number of ether oxygens (including phenoxy) is 2. The Kier molecular flexibility index (Phi) is 7.09. The lowest BCUT2D eigenvalue weighted by atomic mass is 10.3. The van der Waals surface area contributed by atoms with Crippen molar-refractivity contribution >= 4 is 12.1 Å². The maximum atomic E-state index is 11.4. The highest BCUT2D eigenvalue weighted by molar-refractivity contribution is 5.78. The molecule has 0 aromatic heterocycles. The number of carbonyl (C=O) groups excluding carboxylic acids is 1. The molecule has 0 heterocycles. The monoisotopic (exact) mass is 264 g/mol. The van der Waals surface area contributed by atoms with E-state index >= 15 is 0 Å². The molecule has 0 radical (unpaired) electrons. The second kappa shape index (κ2) is 8.97. The number of rotatable bonds is 8. The standard InChI is InChI=1S/C14H20N2O3/c1-3-5-10-15-16-14(17)11-19-13-8-6-12(7-9-13)18-4-2/h6-10H,3-5,11H2,1-2H3,(H,16,17)/b15-10-. The molecule has 0 aliphatic rings. The highest BCUT2D eigenvalue weighted by Gasteiger charge is 2.01. The lowest BCUT2D eigenvalue weighted by molar-refractivity contribution is -0.123. The maximum absolute atomic E-state index is 11.4. The lowest BCUT2D eigenvalue weighted by Gasteiger charge is -2.06. The van der Waals surface area contributed by atoms with Crippen molar-refractivity contribution in [3.8, 4) is 11.5 Å². The summed E-state index contributed by atoms with van der Waals surface area (Å²) in [6.45, 7) is 4.53. The topological polar surface area (TPSA) is 59.9 Å². The molecule has 1 amide bonds. The van der Waals surface area contributed by atoms with E-state index in [-0.39, 0.29) is 12.5 Å². The number of hydrazone groups is 1. The van der Waals surface area contributed by atoms with Crippen molar-refractivity contribution in [1.82, 2.24) is 5.43 Å². The Bertz CT molecular complexity index is 402. The summed E-state index contributed by atoms with van der Waals surface area (Å²) in [7, 11) is 0. The lowest BCUT2D eigenvalue weighted by Crippen LogP contribution is -2.24. The smallest absolute Gasteiger partial charge is 0.277 e. The largest absolute Gasteiger partial charge is 0.494 e. The van der Waals surface area contributed by atoms with Gasteiger partial charge in [0.05, 0.1) is 6.61 Å². The molecule has 0 unspecified atom stereocenters. The highest BCUT2D eigenvalue weighted by Crippen LogP contribution is 2.17. The van der Waals surface area contributed by atoms with Crippen molar-refractivity contribution in [2.45, 2.75) is 26.7 Å². The average molecular weight is 264 g/mol. The molecular formula is C14H20N2O3. The number of amides is 1.